The van der Waals surface area contributed by atoms with Gasteiger partial charge in [0.1, 0.15) is 24.0 Å². The van der Waals surface area contributed by atoms with E-state index in [1.807, 2.05) is 61.2 Å². The number of piperidine rings is 1. The molecule has 3 aliphatic heterocycles. The standard InChI is InChI=1S/C44H51ClN6O5S/c1-27(2)37-21-35(51-43(57)50(42(55)44(51,5)6)34-12-10-33(23-46)38(45)22-34)13-14-39(37)56-17-16-48-24-29(4)49(25-28(48)3)26-36(52)20-31-9-7-8-30(18-31)19-32-11-15-40(53)47-41(32)54/h7-10,12-14,18,21-22,27-29,32H,11,15-17,19-20,24-26H2,1-6H3,(H,47,53,54)/t28-,29-,32?/m1/s1. The Kier molecular flexibility index (Phi) is 12.8. The first-order valence-corrected chi connectivity index (χ1v) is 20.4. The smallest absolute Gasteiger partial charge is 0.259 e. The molecule has 3 aliphatic rings. The molecule has 11 nitrogen and oxygen atoms in total. The number of anilines is 2. The zero-order valence-corrected chi connectivity index (χ0v) is 35.1. The van der Waals surface area contributed by atoms with Crippen molar-refractivity contribution in [3.05, 3.63) is 87.9 Å². The molecule has 1 unspecified atom stereocenters. The number of rotatable bonds is 13. The maximum Gasteiger partial charge on any atom is 0.259 e. The zero-order chi connectivity index (χ0) is 41.2. The Balaban J connectivity index is 1.03. The minimum atomic E-state index is -0.974. The molecular formula is C44H51ClN6O5S. The summed E-state index contributed by atoms with van der Waals surface area (Å²) in [4.78, 5) is 58.9. The van der Waals surface area contributed by atoms with Gasteiger partial charge in [-0.2, -0.15) is 5.26 Å². The van der Waals surface area contributed by atoms with Gasteiger partial charge < -0.3 is 9.64 Å². The van der Waals surface area contributed by atoms with Crippen LogP contribution in [0.4, 0.5) is 11.4 Å². The molecule has 0 aliphatic carbocycles. The summed E-state index contributed by atoms with van der Waals surface area (Å²) in [6.07, 6.45) is 1.79. The van der Waals surface area contributed by atoms with Crippen molar-refractivity contribution in [2.75, 3.05) is 42.6 Å². The molecule has 3 aromatic rings. The average molecular weight is 811 g/mol. The molecule has 0 saturated carbocycles. The maximum absolute atomic E-state index is 13.8. The monoisotopic (exact) mass is 810 g/mol. The third kappa shape index (κ3) is 9.23. The van der Waals surface area contributed by atoms with E-state index in [4.69, 9.17) is 28.6 Å². The first kappa shape index (κ1) is 41.9. The zero-order valence-electron chi connectivity index (χ0n) is 33.5. The molecule has 3 amide bonds. The fourth-order valence-corrected chi connectivity index (χ4v) is 8.86. The van der Waals surface area contributed by atoms with Gasteiger partial charge in [0.15, 0.2) is 10.9 Å². The molecular weight excluding hydrogens is 760 g/mol. The van der Waals surface area contributed by atoms with Crippen LogP contribution >= 0.6 is 23.8 Å². The molecule has 300 valence electrons. The number of halogens is 1. The first-order valence-electron chi connectivity index (χ1n) is 19.6. The van der Waals surface area contributed by atoms with Crippen molar-refractivity contribution >= 4 is 63.8 Å². The van der Waals surface area contributed by atoms with Crippen molar-refractivity contribution in [2.45, 2.75) is 90.8 Å². The number of carbonyl (C=O) groups excluding carboxylic acids is 4. The molecule has 57 heavy (non-hydrogen) atoms. The molecule has 3 atom stereocenters. The molecule has 1 N–H and O–H groups in total. The third-order valence-electron chi connectivity index (χ3n) is 11.4. The number of Topliss-reactive ketones (excluding diaryl/α,β-unsaturated/α-hetero) is 1. The van der Waals surface area contributed by atoms with Crippen LogP contribution in [0, 0.1) is 17.2 Å². The Morgan fingerprint density at radius 1 is 1.00 bits per heavy atom. The summed E-state index contributed by atoms with van der Waals surface area (Å²) < 4.78 is 6.44. The molecule has 3 saturated heterocycles. The van der Waals surface area contributed by atoms with E-state index in [1.165, 1.54) is 4.90 Å². The fraction of sp³-hybridized carbons (Fsp3) is 0.455. The van der Waals surface area contributed by atoms with Crippen LogP contribution in [0.15, 0.2) is 60.7 Å². The van der Waals surface area contributed by atoms with Crippen molar-refractivity contribution < 1.29 is 23.9 Å². The number of amides is 3. The SMILES string of the molecule is CC(C)c1cc(N2C(=S)N(c3ccc(C#N)c(Cl)c3)C(=O)C2(C)C)ccc1OCCN1C[C@@H](C)N(CC(=O)Cc2cccc(CC3CCC(=O)NC3=O)c2)C[C@H]1C. The summed E-state index contributed by atoms with van der Waals surface area (Å²) in [7, 11) is 0. The lowest BCUT2D eigenvalue weighted by Crippen LogP contribution is -2.58. The predicted octanol–water partition coefficient (Wildman–Crippen LogP) is 6.43. The number of imide groups is 1. The second kappa shape index (κ2) is 17.4. The highest BCUT2D eigenvalue weighted by Gasteiger charge is 2.50. The van der Waals surface area contributed by atoms with Gasteiger partial charge in [-0.1, -0.05) is 49.7 Å². The van der Waals surface area contributed by atoms with E-state index in [2.05, 4.69) is 48.9 Å². The molecule has 0 aromatic heterocycles. The van der Waals surface area contributed by atoms with Crippen molar-refractivity contribution in [1.29, 1.82) is 5.26 Å². The van der Waals surface area contributed by atoms with Crippen molar-refractivity contribution in [2.24, 2.45) is 5.92 Å². The number of ether oxygens (including phenoxy) is 1. The summed E-state index contributed by atoms with van der Waals surface area (Å²) in [5, 5.41) is 12.3. The van der Waals surface area contributed by atoms with Gasteiger partial charge in [0, 0.05) is 56.2 Å². The summed E-state index contributed by atoms with van der Waals surface area (Å²) in [6.45, 7) is 15.4. The number of benzene rings is 3. The maximum atomic E-state index is 13.8. The summed E-state index contributed by atoms with van der Waals surface area (Å²) in [6, 6.07) is 21.1. The van der Waals surface area contributed by atoms with E-state index in [-0.39, 0.29) is 52.4 Å². The first-order chi connectivity index (χ1) is 27.1. The second-order valence-corrected chi connectivity index (χ2v) is 17.1. The summed E-state index contributed by atoms with van der Waals surface area (Å²) in [5.41, 5.74) is 3.58. The Hall–Kier alpha value is -4.67. The quantitative estimate of drug-likeness (QED) is 0.153. The lowest BCUT2D eigenvalue weighted by atomic mass is 9.90. The molecule has 3 heterocycles. The van der Waals surface area contributed by atoms with Crippen LogP contribution in [-0.2, 0) is 32.0 Å². The Morgan fingerprint density at radius 2 is 1.70 bits per heavy atom. The topological polar surface area (TPSA) is 126 Å². The lowest BCUT2D eigenvalue weighted by molar-refractivity contribution is -0.136. The Labute approximate surface area is 345 Å². The van der Waals surface area contributed by atoms with Crippen LogP contribution in [0.1, 0.15) is 82.6 Å². The lowest BCUT2D eigenvalue weighted by Gasteiger charge is -2.43. The number of hydrogen-bond donors (Lipinski definition) is 1. The van der Waals surface area contributed by atoms with Crippen LogP contribution < -0.4 is 19.9 Å². The molecule has 13 heteroatoms. The Bertz CT molecular complexity index is 2120. The molecule has 0 bridgehead atoms. The largest absolute Gasteiger partial charge is 0.492 e. The van der Waals surface area contributed by atoms with E-state index in [9.17, 15) is 24.4 Å². The molecule has 3 aromatic carbocycles. The molecule has 3 fully saturated rings. The fourth-order valence-electron chi connectivity index (χ4n) is 8.12. The number of hydrogen-bond acceptors (Lipinski definition) is 9. The van der Waals surface area contributed by atoms with Gasteiger partial charge in [-0.15, -0.1) is 0 Å². The highest BCUT2D eigenvalue weighted by atomic mass is 35.5. The van der Waals surface area contributed by atoms with Gasteiger partial charge >= 0.3 is 0 Å². The third-order valence-corrected chi connectivity index (χ3v) is 12.0. The number of thiocarbonyl (C=S) groups is 1. The Morgan fingerprint density at radius 3 is 2.40 bits per heavy atom. The van der Waals surface area contributed by atoms with E-state index < -0.39 is 5.54 Å². The summed E-state index contributed by atoms with van der Waals surface area (Å²) in [5.74, 6) is 0.216. The van der Waals surface area contributed by atoms with Gasteiger partial charge in [-0.3, -0.25) is 39.2 Å². The van der Waals surface area contributed by atoms with Crippen LogP contribution in [-0.4, -0.2) is 88.8 Å². The number of ketones is 1. The van der Waals surface area contributed by atoms with E-state index >= 15 is 0 Å². The van der Waals surface area contributed by atoms with Gasteiger partial charge in [0.05, 0.1) is 22.8 Å². The number of nitrogens with zero attached hydrogens (tertiary/aromatic N) is 5. The summed E-state index contributed by atoms with van der Waals surface area (Å²) >= 11 is 12.2. The highest BCUT2D eigenvalue weighted by molar-refractivity contribution is 7.81. The number of nitriles is 1. The predicted molar refractivity (Wildman–Crippen MR) is 226 cm³/mol. The molecule has 6 rings (SSSR count). The van der Waals surface area contributed by atoms with Gasteiger partial charge in [-0.25, -0.2) is 0 Å². The van der Waals surface area contributed by atoms with E-state index in [0.717, 1.165) is 47.8 Å². The van der Waals surface area contributed by atoms with Gasteiger partial charge in [0.25, 0.3) is 5.91 Å². The highest BCUT2D eigenvalue weighted by Crippen LogP contribution is 2.40. The van der Waals surface area contributed by atoms with Crippen LogP contribution in [0.5, 0.6) is 5.75 Å². The molecule has 0 radical (unpaired) electrons. The molecule has 0 spiro atoms. The second-order valence-electron chi connectivity index (χ2n) is 16.3. The normalized spacial score (nSPS) is 21.6. The van der Waals surface area contributed by atoms with E-state index in [0.29, 0.717) is 55.2 Å². The van der Waals surface area contributed by atoms with Crippen LogP contribution in [0.2, 0.25) is 5.02 Å². The van der Waals surface area contributed by atoms with Gasteiger partial charge in [0.2, 0.25) is 11.8 Å². The number of carbonyl (C=O) groups is 4. The minimum Gasteiger partial charge on any atom is -0.492 e. The van der Waals surface area contributed by atoms with Gasteiger partial charge in [-0.05, 0) is 112 Å². The minimum absolute atomic E-state index is 0.135. The van der Waals surface area contributed by atoms with Crippen molar-refractivity contribution in [3.8, 4) is 11.8 Å². The van der Waals surface area contributed by atoms with Crippen LogP contribution in [0.25, 0.3) is 0 Å². The number of piperazine rings is 1. The van der Waals surface area contributed by atoms with E-state index in [1.54, 1.807) is 18.2 Å². The van der Waals surface area contributed by atoms with Crippen molar-refractivity contribution in [3.63, 3.8) is 0 Å². The average Bonchev–Trinajstić information content (AvgIpc) is 3.33. The van der Waals surface area contributed by atoms with Crippen molar-refractivity contribution in [1.82, 2.24) is 15.1 Å². The number of nitrogens with one attached hydrogen (secondary N) is 1. The van der Waals surface area contributed by atoms with Crippen LogP contribution in [0.3, 0.4) is 0 Å².